The lowest BCUT2D eigenvalue weighted by Gasteiger charge is -2.07. The molecule has 2 rings (SSSR count). The van der Waals surface area contributed by atoms with Crippen LogP contribution in [0.15, 0.2) is 13.6 Å². The lowest BCUT2D eigenvalue weighted by atomic mass is 10.3. The van der Waals surface area contributed by atoms with Crippen LogP contribution in [0.2, 0.25) is 0 Å². The summed E-state index contributed by atoms with van der Waals surface area (Å²) in [5, 5.41) is 20.1. The van der Waals surface area contributed by atoms with E-state index in [4.69, 9.17) is 5.11 Å². The molecule has 0 radical (unpaired) electrons. The van der Waals surface area contributed by atoms with Crippen LogP contribution in [0.3, 0.4) is 0 Å². The Balaban J connectivity index is 2.50. The zero-order chi connectivity index (χ0) is 12.6. The van der Waals surface area contributed by atoms with Crippen LogP contribution in [-0.4, -0.2) is 31.3 Å². The van der Waals surface area contributed by atoms with Crippen LogP contribution >= 0.6 is 43.2 Å². The van der Waals surface area contributed by atoms with E-state index >= 15 is 0 Å². The summed E-state index contributed by atoms with van der Waals surface area (Å²) in [5.74, 6) is -0.558. The quantitative estimate of drug-likeness (QED) is 0.883. The highest BCUT2D eigenvalue weighted by atomic mass is 79.9. The third kappa shape index (κ3) is 2.40. The first-order valence-electron chi connectivity index (χ1n) is 4.46. The smallest absolute Gasteiger partial charge is 0.328 e. The molecule has 1 unspecified atom stereocenters. The van der Waals surface area contributed by atoms with Crippen molar-refractivity contribution >= 4 is 49.2 Å². The lowest BCUT2D eigenvalue weighted by Crippen LogP contribution is -2.18. The first-order valence-corrected chi connectivity index (χ1v) is 6.87. The monoisotopic (exact) mass is 380 g/mol. The average molecular weight is 382 g/mol. The van der Waals surface area contributed by atoms with Gasteiger partial charge in [-0.2, -0.15) is 0 Å². The molecule has 2 aromatic heterocycles. The van der Waals surface area contributed by atoms with Gasteiger partial charge in [-0.3, -0.25) is 0 Å². The number of hydrogen-bond acceptors (Lipinski definition) is 5. The highest BCUT2D eigenvalue weighted by Crippen LogP contribution is 2.37. The number of thiophene rings is 1. The summed E-state index contributed by atoms with van der Waals surface area (Å²) >= 11 is 8.22. The van der Waals surface area contributed by atoms with Gasteiger partial charge in [0.1, 0.15) is 0 Å². The molecule has 1 N–H and O–H groups in total. The summed E-state index contributed by atoms with van der Waals surface area (Å²) in [5.41, 5.74) is 0.764. The highest BCUT2D eigenvalue weighted by molar-refractivity contribution is 9.12. The van der Waals surface area contributed by atoms with E-state index in [1.54, 1.807) is 0 Å². The number of aliphatic carboxylic acids is 1. The maximum absolute atomic E-state index is 10.9. The largest absolute Gasteiger partial charge is 0.480 e. The Labute approximate surface area is 117 Å². The van der Waals surface area contributed by atoms with Crippen molar-refractivity contribution in [1.29, 1.82) is 0 Å². The third-order valence-electron chi connectivity index (χ3n) is 2.11. The maximum atomic E-state index is 10.9. The Bertz CT molecular complexity index is 568. The molecule has 0 fully saturated rings. The number of tetrazole rings is 1. The highest BCUT2D eigenvalue weighted by Gasteiger charge is 2.22. The Morgan fingerprint density at radius 3 is 2.82 bits per heavy atom. The topological polar surface area (TPSA) is 80.9 Å². The minimum Gasteiger partial charge on any atom is -0.480 e. The van der Waals surface area contributed by atoms with Gasteiger partial charge < -0.3 is 5.11 Å². The summed E-state index contributed by atoms with van der Waals surface area (Å²) in [6.45, 7) is 1.53. The van der Waals surface area contributed by atoms with Crippen LogP contribution in [0.4, 0.5) is 0 Å². The number of carbonyl (C=O) groups is 1. The summed E-state index contributed by atoms with van der Waals surface area (Å²) in [7, 11) is 0. The molecule has 90 valence electrons. The number of carboxylic acids is 1. The number of nitrogens with zero attached hydrogens (tertiary/aromatic N) is 4. The van der Waals surface area contributed by atoms with Crippen molar-refractivity contribution in [2.45, 2.75) is 13.0 Å². The predicted molar refractivity (Wildman–Crippen MR) is 68.9 cm³/mol. The standard InChI is InChI=1S/C8H6Br2N4O2S/c1-3(8(15)16)14-7(11-12-13-14)4-2-5(9)17-6(4)10/h2-3H,1H3,(H,15,16). The Kier molecular flexibility index (Phi) is 3.59. The fourth-order valence-electron chi connectivity index (χ4n) is 1.23. The minimum absolute atomic E-state index is 0.425. The molecule has 0 aliphatic rings. The predicted octanol–water partition coefficient (Wildman–Crippen LogP) is 2.57. The Morgan fingerprint density at radius 2 is 2.29 bits per heavy atom. The fraction of sp³-hybridized carbons (Fsp3) is 0.250. The van der Waals surface area contributed by atoms with Crippen molar-refractivity contribution in [3.63, 3.8) is 0 Å². The molecule has 0 bridgehead atoms. The number of halogens is 2. The molecule has 0 saturated heterocycles. The summed E-state index contributed by atoms with van der Waals surface area (Å²) < 4.78 is 3.04. The minimum atomic E-state index is -0.982. The molecule has 2 aromatic rings. The van der Waals surface area contributed by atoms with E-state index in [0.29, 0.717) is 5.82 Å². The van der Waals surface area contributed by atoms with Gasteiger partial charge in [0, 0.05) is 5.56 Å². The molecule has 0 saturated carbocycles. The molecular formula is C8H6Br2N4O2S. The number of rotatable bonds is 3. The van der Waals surface area contributed by atoms with Gasteiger partial charge in [0.05, 0.1) is 7.57 Å². The Morgan fingerprint density at radius 1 is 1.59 bits per heavy atom. The van der Waals surface area contributed by atoms with Gasteiger partial charge in [-0.1, -0.05) is 0 Å². The van der Waals surface area contributed by atoms with E-state index in [1.807, 2.05) is 6.07 Å². The van der Waals surface area contributed by atoms with E-state index in [9.17, 15) is 4.79 Å². The second-order valence-corrected chi connectivity index (χ2v) is 6.95. The van der Waals surface area contributed by atoms with Crippen molar-refractivity contribution in [3.8, 4) is 11.4 Å². The van der Waals surface area contributed by atoms with Gasteiger partial charge in [0.2, 0.25) is 0 Å². The molecule has 2 heterocycles. The van der Waals surface area contributed by atoms with E-state index in [-0.39, 0.29) is 0 Å². The van der Waals surface area contributed by atoms with Crippen molar-refractivity contribution in [2.75, 3.05) is 0 Å². The maximum Gasteiger partial charge on any atom is 0.328 e. The Hall–Kier alpha value is -0.800. The lowest BCUT2D eigenvalue weighted by molar-refractivity contribution is -0.140. The van der Waals surface area contributed by atoms with Crippen LogP contribution in [-0.2, 0) is 4.79 Å². The zero-order valence-corrected chi connectivity index (χ0v) is 12.5. The van der Waals surface area contributed by atoms with Gasteiger partial charge in [-0.15, -0.1) is 16.4 Å². The van der Waals surface area contributed by atoms with Crippen LogP contribution in [0, 0.1) is 0 Å². The average Bonchev–Trinajstić information content (AvgIpc) is 2.83. The molecule has 1 atom stereocenters. The van der Waals surface area contributed by atoms with E-state index in [1.165, 1.54) is 22.9 Å². The number of hydrogen-bond donors (Lipinski definition) is 1. The van der Waals surface area contributed by atoms with Gasteiger partial charge >= 0.3 is 5.97 Å². The summed E-state index contributed by atoms with van der Waals surface area (Å²) in [6, 6.07) is 1.02. The first kappa shape index (κ1) is 12.7. The molecule has 9 heteroatoms. The van der Waals surface area contributed by atoms with Crippen LogP contribution < -0.4 is 0 Å². The molecule has 0 aromatic carbocycles. The van der Waals surface area contributed by atoms with E-state index in [2.05, 4.69) is 47.4 Å². The van der Waals surface area contributed by atoms with Gasteiger partial charge in [-0.05, 0) is 55.3 Å². The number of carboxylic acid groups (broad SMARTS) is 1. The fourth-order valence-corrected chi connectivity index (χ4v) is 4.02. The molecular weight excluding hydrogens is 376 g/mol. The van der Waals surface area contributed by atoms with Gasteiger partial charge in [0.25, 0.3) is 0 Å². The SMILES string of the molecule is CC(C(=O)O)n1nnnc1-c1cc(Br)sc1Br. The van der Waals surface area contributed by atoms with Gasteiger partial charge in [0.15, 0.2) is 11.9 Å². The van der Waals surface area contributed by atoms with Gasteiger partial charge in [-0.25, -0.2) is 9.48 Å². The van der Waals surface area contributed by atoms with Crippen LogP contribution in [0.5, 0.6) is 0 Å². The first-order chi connectivity index (χ1) is 8.00. The number of aromatic nitrogens is 4. The summed E-state index contributed by atoms with van der Waals surface area (Å²) in [4.78, 5) is 10.9. The van der Waals surface area contributed by atoms with Crippen molar-refractivity contribution in [3.05, 3.63) is 13.6 Å². The molecule has 6 nitrogen and oxygen atoms in total. The van der Waals surface area contributed by atoms with Crippen molar-refractivity contribution in [2.24, 2.45) is 0 Å². The molecule has 0 aliphatic heterocycles. The molecule has 17 heavy (non-hydrogen) atoms. The third-order valence-corrected chi connectivity index (χ3v) is 4.45. The molecule has 0 amide bonds. The molecule has 0 aliphatic carbocycles. The van der Waals surface area contributed by atoms with E-state index < -0.39 is 12.0 Å². The zero-order valence-electron chi connectivity index (χ0n) is 8.46. The second-order valence-electron chi connectivity index (χ2n) is 3.20. The van der Waals surface area contributed by atoms with Crippen LogP contribution in [0.25, 0.3) is 11.4 Å². The molecule has 0 spiro atoms. The second kappa shape index (κ2) is 4.83. The van der Waals surface area contributed by atoms with E-state index in [0.717, 1.165) is 13.1 Å². The summed E-state index contributed by atoms with van der Waals surface area (Å²) in [6.07, 6.45) is 0. The van der Waals surface area contributed by atoms with Crippen molar-refractivity contribution < 1.29 is 9.90 Å². The van der Waals surface area contributed by atoms with Crippen molar-refractivity contribution in [1.82, 2.24) is 20.2 Å². The normalized spacial score (nSPS) is 12.6. The van der Waals surface area contributed by atoms with Crippen LogP contribution in [0.1, 0.15) is 13.0 Å².